The molecule has 4 nitrogen and oxygen atoms in total. The van der Waals surface area contributed by atoms with Gasteiger partial charge in [-0.3, -0.25) is 0 Å². The first-order chi connectivity index (χ1) is 13.0. The Hall–Kier alpha value is -3.05. The minimum Gasteiger partial charge on any atom is -0.496 e. The average molecular weight is 377 g/mol. The van der Waals surface area contributed by atoms with Gasteiger partial charge in [0.05, 0.1) is 17.5 Å². The Morgan fingerprint density at radius 3 is 2.37 bits per heavy atom. The summed E-state index contributed by atoms with van der Waals surface area (Å²) < 4.78 is 32.8. The van der Waals surface area contributed by atoms with Crippen LogP contribution in [-0.2, 0) is 10.0 Å². The lowest BCUT2D eigenvalue weighted by Gasteiger charge is -2.10. The SMILES string of the molecule is COc1ccccc1-c1ccc2c(ccn2S(=O)(=O)c2ccc(C)cc2)c1. The molecule has 0 radical (unpaired) electrons. The molecule has 0 spiro atoms. The molecule has 0 aliphatic heterocycles. The van der Waals surface area contributed by atoms with Crippen LogP contribution in [0.15, 0.2) is 83.9 Å². The molecule has 136 valence electrons. The van der Waals surface area contributed by atoms with Gasteiger partial charge in [0.1, 0.15) is 5.75 Å². The molecule has 0 aliphatic rings. The van der Waals surface area contributed by atoms with Crippen LogP contribution in [0, 0.1) is 6.92 Å². The van der Waals surface area contributed by atoms with E-state index in [1.807, 2.05) is 55.5 Å². The first-order valence-corrected chi connectivity index (χ1v) is 10.0. The highest BCUT2D eigenvalue weighted by atomic mass is 32.2. The molecule has 27 heavy (non-hydrogen) atoms. The standard InChI is InChI=1S/C22H19NO3S/c1-16-7-10-19(11-8-16)27(24,25)23-14-13-18-15-17(9-12-21(18)23)20-5-3-4-6-22(20)26-2/h3-15H,1-2H3. The monoisotopic (exact) mass is 377 g/mol. The quantitative estimate of drug-likeness (QED) is 0.510. The van der Waals surface area contributed by atoms with Gasteiger partial charge in [-0.1, -0.05) is 42.0 Å². The summed E-state index contributed by atoms with van der Waals surface area (Å²) in [6.07, 6.45) is 1.60. The maximum atomic E-state index is 13.0. The third kappa shape index (κ3) is 3.00. The van der Waals surface area contributed by atoms with Crippen LogP contribution < -0.4 is 4.74 Å². The van der Waals surface area contributed by atoms with Crippen molar-refractivity contribution in [2.75, 3.05) is 7.11 Å². The summed E-state index contributed by atoms with van der Waals surface area (Å²) in [5.41, 5.74) is 3.61. The van der Waals surface area contributed by atoms with Crippen molar-refractivity contribution in [2.45, 2.75) is 11.8 Å². The zero-order valence-electron chi connectivity index (χ0n) is 15.1. The zero-order chi connectivity index (χ0) is 19.0. The summed E-state index contributed by atoms with van der Waals surface area (Å²) in [5.74, 6) is 0.781. The third-order valence-electron chi connectivity index (χ3n) is 4.65. The number of aromatic nitrogens is 1. The van der Waals surface area contributed by atoms with Crippen LogP contribution in [0.5, 0.6) is 5.75 Å². The summed E-state index contributed by atoms with van der Waals surface area (Å²) >= 11 is 0. The van der Waals surface area contributed by atoms with E-state index in [4.69, 9.17) is 4.74 Å². The average Bonchev–Trinajstić information content (AvgIpc) is 3.12. The van der Waals surface area contributed by atoms with Crippen molar-refractivity contribution in [2.24, 2.45) is 0 Å². The molecule has 5 heteroatoms. The van der Waals surface area contributed by atoms with Crippen LogP contribution in [-0.4, -0.2) is 19.5 Å². The van der Waals surface area contributed by atoms with Gasteiger partial charge >= 0.3 is 0 Å². The molecule has 0 fully saturated rings. The Labute approximate surface area is 158 Å². The molecule has 3 aromatic carbocycles. The lowest BCUT2D eigenvalue weighted by Crippen LogP contribution is -2.11. The van der Waals surface area contributed by atoms with E-state index in [9.17, 15) is 8.42 Å². The third-order valence-corrected chi connectivity index (χ3v) is 6.35. The molecule has 1 aromatic heterocycles. The van der Waals surface area contributed by atoms with E-state index < -0.39 is 10.0 Å². The number of para-hydroxylation sites is 1. The molecule has 0 unspecified atom stereocenters. The van der Waals surface area contributed by atoms with E-state index in [2.05, 4.69) is 0 Å². The maximum absolute atomic E-state index is 13.0. The van der Waals surface area contributed by atoms with Crippen LogP contribution in [0.2, 0.25) is 0 Å². The molecule has 0 saturated carbocycles. The number of benzene rings is 3. The van der Waals surface area contributed by atoms with Crippen LogP contribution in [0.3, 0.4) is 0 Å². The summed E-state index contributed by atoms with van der Waals surface area (Å²) in [6.45, 7) is 1.93. The Morgan fingerprint density at radius 1 is 0.889 bits per heavy atom. The van der Waals surface area contributed by atoms with Gasteiger partial charge in [-0.25, -0.2) is 12.4 Å². The minimum absolute atomic E-state index is 0.277. The number of fused-ring (bicyclic) bond motifs is 1. The summed E-state index contributed by atoms with van der Waals surface area (Å²) in [4.78, 5) is 0.277. The minimum atomic E-state index is -3.64. The van der Waals surface area contributed by atoms with Crippen LogP contribution in [0.1, 0.15) is 5.56 Å². The predicted octanol–water partition coefficient (Wildman–Crippen LogP) is 4.86. The fourth-order valence-corrected chi connectivity index (χ4v) is 4.55. The molecular formula is C22H19NO3S. The molecular weight excluding hydrogens is 358 g/mol. The van der Waals surface area contributed by atoms with Gasteiger partial charge in [0, 0.05) is 17.1 Å². The predicted molar refractivity (Wildman–Crippen MR) is 108 cm³/mol. The highest BCUT2D eigenvalue weighted by Crippen LogP contribution is 2.32. The molecule has 0 amide bonds. The van der Waals surface area contributed by atoms with Gasteiger partial charge in [0.15, 0.2) is 0 Å². The second-order valence-corrected chi connectivity index (χ2v) is 8.22. The maximum Gasteiger partial charge on any atom is 0.268 e. The Bertz CT molecular complexity index is 1220. The van der Waals surface area contributed by atoms with Crippen molar-refractivity contribution in [1.82, 2.24) is 3.97 Å². The second-order valence-electron chi connectivity index (χ2n) is 6.40. The Balaban J connectivity index is 1.83. The van der Waals surface area contributed by atoms with Crippen molar-refractivity contribution >= 4 is 20.9 Å². The van der Waals surface area contributed by atoms with Gasteiger partial charge in [-0.2, -0.15) is 0 Å². The zero-order valence-corrected chi connectivity index (χ0v) is 15.9. The molecule has 0 aliphatic carbocycles. The van der Waals surface area contributed by atoms with E-state index in [0.717, 1.165) is 27.8 Å². The van der Waals surface area contributed by atoms with Crippen molar-refractivity contribution in [3.8, 4) is 16.9 Å². The number of rotatable bonds is 4. The van der Waals surface area contributed by atoms with E-state index >= 15 is 0 Å². The first kappa shape index (κ1) is 17.4. The Kier molecular flexibility index (Phi) is 4.24. The van der Waals surface area contributed by atoms with Crippen molar-refractivity contribution < 1.29 is 13.2 Å². The van der Waals surface area contributed by atoms with E-state index in [1.54, 1.807) is 37.6 Å². The fraction of sp³-hybridized carbons (Fsp3) is 0.0909. The highest BCUT2D eigenvalue weighted by molar-refractivity contribution is 7.90. The van der Waals surface area contributed by atoms with Crippen LogP contribution in [0.25, 0.3) is 22.0 Å². The van der Waals surface area contributed by atoms with E-state index in [1.165, 1.54) is 3.97 Å². The van der Waals surface area contributed by atoms with Gasteiger partial charge < -0.3 is 4.74 Å². The summed E-state index contributed by atoms with van der Waals surface area (Å²) in [7, 11) is -2.00. The largest absolute Gasteiger partial charge is 0.496 e. The molecule has 4 aromatic rings. The number of ether oxygens (including phenoxy) is 1. The van der Waals surface area contributed by atoms with E-state index in [-0.39, 0.29) is 4.90 Å². The smallest absolute Gasteiger partial charge is 0.268 e. The van der Waals surface area contributed by atoms with Crippen LogP contribution >= 0.6 is 0 Å². The number of hydrogen-bond acceptors (Lipinski definition) is 3. The van der Waals surface area contributed by atoms with Crippen molar-refractivity contribution in [1.29, 1.82) is 0 Å². The number of nitrogens with zero attached hydrogens (tertiary/aromatic N) is 1. The first-order valence-electron chi connectivity index (χ1n) is 8.57. The fourth-order valence-electron chi connectivity index (χ4n) is 3.20. The lowest BCUT2D eigenvalue weighted by molar-refractivity contribution is 0.416. The number of hydrogen-bond donors (Lipinski definition) is 0. The van der Waals surface area contributed by atoms with Crippen molar-refractivity contribution in [3.05, 3.63) is 84.6 Å². The molecule has 4 rings (SSSR count). The molecule has 0 N–H and O–H groups in total. The van der Waals surface area contributed by atoms with E-state index in [0.29, 0.717) is 5.52 Å². The molecule has 1 heterocycles. The molecule has 0 bridgehead atoms. The number of methoxy groups -OCH3 is 1. The topological polar surface area (TPSA) is 48.3 Å². The van der Waals surface area contributed by atoms with Crippen LogP contribution in [0.4, 0.5) is 0 Å². The Morgan fingerprint density at radius 2 is 1.63 bits per heavy atom. The van der Waals surface area contributed by atoms with Gasteiger partial charge in [0.2, 0.25) is 0 Å². The van der Waals surface area contributed by atoms with Gasteiger partial charge in [-0.15, -0.1) is 0 Å². The highest BCUT2D eigenvalue weighted by Gasteiger charge is 2.19. The summed E-state index contributed by atoms with van der Waals surface area (Å²) in [6, 6.07) is 22.2. The van der Waals surface area contributed by atoms with Gasteiger partial charge in [-0.05, 0) is 48.9 Å². The normalized spacial score (nSPS) is 11.6. The molecule has 0 atom stereocenters. The lowest BCUT2D eigenvalue weighted by atomic mass is 10.0. The summed E-state index contributed by atoms with van der Waals surface area (Å²) in [5, 5.41) is 0.856. The second kappa shape index (κ2) is 6.59. The van der Waals surface area contributed by atoms with Gasteiger partial charge in [0.25, 0.3) is 10.0 Å². The molecule has 0 saturated heterocycles. The number of aryl methyl sites for hydroxylation is 1. The van der Waals surface area contributed by atoms with Crippen molar-refractivity contribution in [3.63, 3.8) is 0 Å².